The van der Waals surface area contributed by atoms with E-state index in [1.165, 1.54) is 11.8 Å². The predicted octanol–water partition coefficient (Wildman–Crippen LogP) is 8.79. The molecule has 0 aliphatic heterocycles. The van der Waals surface area contributed by atoms with Gasteiger partial charge in [0.2, 0.25) is 0 Å². The first-order valence-electron chi connectivity index (χ1n) is 22.8. The van der Waals surface area contributed by atoms with Gasteiger partial charge in [-0.15, -0.1) is 0 Å². The predicted molar refractivity (Wildman–Crippen MR) is 230 cm³/mol. The number of ketones is 1. The number of carboxylic acid groups (broad SMARTS) is 1. The summed E-state index contributed by atoms with van der Waals surface area (Å²) in [6.45, 7) is 26.1. The minimum absolute atomic E-state index is 0.0636. The lowest BCUT2D eigenvalue weighted by molar-refractivity contribution is -0.236. The van der Waals surface area contributed by atoms with Crippen LogP contribution in [0.15, 0.2) is 29.5 Å². The average molecular weight is 815 g/mol. The number of nitrogens with two attached hydrogens (primary N) is 1. The lowest BCUT2D eigenvalue weighted by Crippen LogP contribution is -2.66. The van der Waals surface area contributed by atoms with Gasteiger partial charge in [-0.05, 0) is 148 Å². The molecule has 5 fully saturated rings. The number of aromatic nitrogens is 1. The SMILES string of the molecule is CC(C)C1=C2[C@H]3CC[C@@H]4[C@@]5(C)CC[C@H](OC(=O)[C@H]6C[C@@H](C(=O)O)C6(C)C)C(C)(C)[C@@H]5CC[C@@]4(C)[C@]3(C)CC[C@@]2(CCNCC(C)(C)NC(=O)c2ccc(N)nc2)CC1=O. The molecule has 1 amide bonds. The number of carboxylic acids is 1. The van der Waals surface area contributed by atoms with E-state index in [0.29, 0.717) is 54.3 Å². The van der Waals surface area contributed by atoms with E-state index in [2.05, 4.69) is 64.1 Å². The minimum Gasteiger partial charge on any atom is -0.481 e. The van der Waals surface area contributed by atoms with Crippen LogP contribution in [0, 0.1) is 68.0 Å². The first kappa shape index (κ1) is 43.8. The second-order valence-electron chi connectivity index (χ2n) is 23.0. The summed E-state index contributed by atoms with van der Waals surface area (Å²) in [7, 11) is 0. The molecule has 10 nitrogen and oxygen atoms in total. The van der Waals surface area contributed by atoms with Crippen molar-refractivity contribution >= 4 is 29.4 Å². The second kappa shape index (κ2) is 14.7. The summed E-state index contributed by atoms with van der Waals surface area (Å²) >= 11 is 0. The first-order chi connectivity index (χ1) is 27.3. The molecule has 0 unspecified atom stereocenters. The molecule has 1 heterocycles. The van der Waals surface area contributed by atoms with Crippen molar-refractivity contribution in [2.75, 3.05) is 18.8 Å². The Bertz CT molecular complexity index is 1900. The van der Waals surface area contributed by atoms with Gasteiger partial charge in [-0.1, -0.05) is 67.9 Å². The van der Waals surface area contributed by atoms with Crippen molar-refractivity contribution in [3.8, 4) is 0 Å². The largest absolute Gasteiger partial charge is 0.481 e. The highest BCUT2D eigenvalue weighted by atomic mass is 16.5. The molecule has 5 N–H and O–H groups in total. The summed E-state index contributed by atoms with van der Waals surface area (Å²) in [6.07, 6.45) is 11.7. The van der Waals surface area contributed by atoms with Gasteiger partial charge in [-0.3, -0.25) is 19.2 Å². The number of carbonyl (C=O) groups is 4. The van der Waals surface area contributed by atoms with Crippen molar-refractivity contribution in [3.05, 3.63) is 35.0 Å². The Balaban J connectivity index is 1.06. The number of ether oxygens (including phenoxy) is 1. The number of anilines is 1. The van der Waals surface area contributed by atoms with Crippen molar-refractivity contribution in [1.29, 1.82) is 0 Å². The summed E-state index contributed by atoms with van der Waals surface area (Å²) < 4.78 is 6.44. The highest BCUT2D eigenvalue weighted by Crippen LogP contribution is 2.77. The molecule has 10 atom stereocenters. The van der Waals surface area contributed by atoms with E-state index in [1.807, 2.05) is 27.7 Å². The topological polar surface area (TPSA) is 161 Å². The fraction of sp³-hybridized carbons (Fsp3) is 0.776. The van der Waals surface area contributed by atoms with Crippen LogP contribution in [0.2, 0.25) is 0 Å². The Kier molecular flexibility index (Phi) is 10.9. The maximum Gasteiger partial charge on any atom is 0.309 e. The van der Waals surface area contributed by atoms with Crippen LogP contribution in [0.3, 0.4) is 0 Å². The monoisotopic (exact) mass is 815 g/mol. The number of Topliss-reactive ketones (excluding diaryl/α,β-unsaturated/α-hetero) is 1. The molecule has 7 rings (SSSR count). The quantitative estimate of drug-likeness (QED) is 0.126. The van der Waals surface area contributed by atoms with Crippen molar-refractivity contribution in [3.63, 3.8) is 0 Å². The number of nitrogen functional groups attached to an aromatic ring is 1. The third-order valence-electron chi connectivity index (χ3n) is 18.5. The van der Waals surface area contributed by atoms with E-state index < -0.39 is 22.8 Å². The molecule has 0 spiro atoms. The van der Waals surface area contributed by atoms with Gasteiger partial charge >= 0.3 is 11.9 Å². The van der Waals surface area contributed by atoms with Crippen LogP contribution >= 0.6 is 0 Å². The molecule has 0 aromatic carbocycles. The molecule has 5 saturated carbocycles. The van der Waals surface area contributed by atoms with Crippen LogP contribution in [-0.4, -0.2) is 58.5 Å². The average Bonchev–Trinajstić information content (AvgIpc) is 3.43. The second-order valence-corrected chi connectivity index (χ2v) is 23.0. The molecule has 0 saturated heterocycles. The number of rotatable bonds is 11. The van der Waals surface area contributed by atoms with Crippen LogP contribution in [0.4, 0.5) is 5.82 Å². The molecule has 1 aromatic rings. The number of fused-ring (bicyclic) bond motifs is 7. The number of esters is 1. The number of aliphatic carboxylic acids is 1. The Morgan fingerprint density at radius 1 is 0.915 bits per heavy atom. The van der Waals surface area contributed by atoms with Gasteiger partial charge < -0.3 is 26.2 Å². The zero-order valence-corrected chi connectivity index (χ0v) is 38.0. The number of allylic oxidation sites excluding steroid dienone is 2. The van der Waals surface area contributed by atoms with Crippen LogP contribution < -0.4 is 16.4 Å². The fourth-order valence-corrected chi connectivity index (χ4v) is 14.9. The number of hydrogen-bond acceptors (Lipinski definition) is 8. The number of nitrogens with one attached hydrogen (secondary N) is 2. The zero-order chi connectivity index (χ0) is 43.3. The van der Waals surface area contributed by atoms with Crippen LogP contribution in [0.1, 0.15) is 157 Å². The van der Waals surface area contributed by atoms with Crippen LogP contribution in [-0.2, 0) is 19.1 Å². The van der Waals surface area contributed by atoms with Gasteiger partial charge in [-0.25, -0.2) is 4.98 Å². The lowest BCUT2D eigenvalue weighted by Gasteiger charge is -2.72. The number of nitrogens with zero attached hydrogens (tertiary/aromatic N) is 1. The van der Waals surface area contributed by atoms with E-state index in [1.54, 1.807) is 12.1 Å². The molecule has 1 aromatic heterocycles. The summed E-state index contributed by atoms with van der Waals surface area (Å²) in [5, 5.41) is 16.5. The van der Waals surface area contributed by atoms with Crippen molar-refractivity contribution < 1.29 is 29.0 Å². The van der Waals surface area contributed by atoms with Crippen LogP contribution in [0.25, 0.3) is 0 Å². The van der Waals surface area contributed by atoms with E-state index in [-0.39, 0.29) is 56.9 Å². The number of pyridine rings is 1. The smallest absolute Gasteiger partial charge is 0.309 e. The van der Waals surface area contributed by atoms with Gasteiger partial charge in [0, 0.05) is 35.5 Å². The molecule has 59 heavy (non-hydrogen) atoms. The molecular weight excluding hydrogens is 741 g/mol. The van der Waals surface area contributed by atoms with Crippen molar-refractivity contribution in [2.24, 2.45) is 68.0 Å². The van der Waals surface area contributed by atoms with Crippen molar-refractivity contribution in [1.82, 2.24) is 15.6 Å². The van der Waals surface area contributed by atoms with E-state index in [4.69, 9.17) is 10.5 Å². The normalized spacial score (nSPS) is 38.3. The standard InChI is InChI=1S/C49H74N4O6/c1-28(2)38-33(54)25-49(22-23-51-27-43(3,4)53-40(55)29-12-15-37(50)52-26-29)21-20-47(10)30(39(38)49)13-14-35-46(9)18-17-36(45(7,8)34(46)16-19-48(35,47)11)59-42(58)32-24-31(41(56)57)44(32,5)6/h12,15,26,28,30-32,34-36,51H,13-14,16-25,27H2,1-11H3,(H2,50,52)(H,53,55)(H,56,57)/t30-,31+,32-,34+,35-,36+,46+,47-,48-,49-/m1/s1. The maximum atomic E-state index is 14.2. The maximum absolute atomic E-state index is 14.2. The van der Waals surface area contributed by atoms with Gasteiger partial charge in [0.15, 0.2) is 5.78 Å². The Labute approximate surface area is 353 Å². The number of hydrogen-bond donors (Lipinski definition) is 4. The molecule has 6 aliphatic rings. The minimum atomic E-state index is -0.827. The molecule has 10 heteroatoms. The first-order valence-corrected chi connectivity index (χ1v) is 22.8. The van der Waals surface area contributed by atoms with Gasteiger partial charge in [-0.2, -0.15) is 0 Å². The third-order valence-corrected chi connectivity index (χ3v) is 18.5. The number of amides is 1. The molecular formula is C49H74N4O6. The fourth-order valence-electron chi connectivity index (χ4n) is 14.9. The highest BCUT2D eigenvalue weighted by Gasteiger charge is 2.70. The van der Waals surface area contributed by atoms with Gasteiger partial charge in [0.1, 0.15) is 11.9 Å². The van der Waals surface area contributed by atoms with E-state index in [0.717, 1.165) is 69.9 Å². The van der Waals surface area contributed by atoms with E-state index in [9.17, 15) is 24.3 Å². The highest BCUT2D eigenvalue weighted by molar-refractivity contribution is 6.00. The summed E-state index contributed by atoms with van der Waals surface area (Å²) in [5.74, 6) is 0.117. The summed E-state index contributed by atoms with van der Waals surface area (Å²) in [6, 6.07) is 3.33. The Hall–Kier alpha value is -3.27. The number of carbonyl (C=O) groups excluding carboxylic acids is 3. The van der Waals surface area contributed by atoms with Gasteiger partial charge in [0.05, 0.1) is 17.4 Å². The zero-order valence-electron chi connectivity index (χ0n) is 38.0. The molecule has 326 valence electrons. The summed E-state index contributed by atoms with van der Waals surface area (Å²) in [5.41, 5.74) is 7.64. The molecule has 0 bridgehead atoms. The summed E-state index contributed by atoms with van der Waals surface area (Å²) in [4.78, 5) is 56.7. The Morgan fingerprint density at radius 2 is 1.63 bits per heavy atom. The lowest BCUT2D eigenvalue weighted by atomic mass is 9.33. The molecule has 0 radical (unpaired) electrons. The Morgan fingerprint density at radius 3 is 2.25 bits per heavy atom. The van der Waals surface area contributed by atoms with Crippen LogP contribution in [0.5, 0.6) is 0 Å². The molecule has 6 aliphatic carbocycles. The van der Waals surface area contributed by atoms with E-state index >= 15 is 0 Å². The van der Waals surface area contributed by atoms with Gasteiger partial charge in [0.25, 0.3) is 5.91 Å². The van der Waals surface area contributed by atoms with Crippen molar-refractivity contribution in [2.45, 2.75) is 158 Å². The third kappa shape index (κ3) is 6.88.